The van der Waals surface area contributed by atoms with E-state index >= 15 is 0 Å². The summed E-state index contributed by atoms with van der Waals surface area (Å²) in [6.07, 6.45) is 10.2. The fraction of sp³-hybridized carbons (Fsp3) is 0.667. The topological polar surface area (TPSA) is 8.81 Å². The van der Waals surface area contributed by atoms with Gasteiger partial charge in [0, 0.05) is 0 Å². The van der Waals surface area contributed by atoms with Gasteiger partial charge in [0.1, 0.15) is 12.4 Å². The number of aryl methyl sites for hydroxylation is 2. The summed E-state index contributed by atoms with van der Waals surface area (Å²) in [6, 6.07) is 0. The van der Waals surface area contributed by atoms with E-state index in [0.717, 1.165) is 6.54 Å². The lowest BCUT2D eigenvalue weighted by molar-refractivity contribution is -0.671. The average Bonchev–Trinajstić information content (AvgIpc) is 2.49. The van der Waals surface area contributed by atoms with Crippen LogP contribution in [-0.2, 0) is 13.6 Å². The van der Waals surface area contributed by atoms with E-state index in [1.807, 2.05) is 0 Å². The minimum atomic E-state index is -6.00. The van der Waals surface area contributed by atoms with Gasteiger partial charge in [0.25, 0.3) is 0 Å². The molecule has 7 heteroatoms. The van der Waals surface area contributed by atoms with E-state index in [1.165, 1.54) is 19.3 Å². The lowest BCUT2D eigenvalue weighted by atomic mass is 10.2. The zero-order valence-electron chi connectivity index (χ0n) is 9.54. The van der Waals surface area contributed by atoms with Crippen LogP contribution in [0.5, 0.6) is 0 Å². The van der Waals surface area contributed by atoms with E-state index in [1.54, 1.807) is 0 Å². The number of imidazole rings is 1. The van der Waals surface area contributed by atoms with Crippen molar-refractivity contribution >= 4 is 7.25 Å². The summed E-state index contributed by atoms with van der Waals surface area (Å²) in [5, 5.41) is 0. The van der Waals surface area contributed by atoms with Crippen LogP contribution in [-0.4, -0.2) is 11.8 Å². The highest BCUT2D eigenvalue weighted by Gasteiger charge is 2.20. The predicted octanol–water partition coefficient (Wildman–Crippen LogP) is 2.80. The number of hydrogen-bond donors (Lipinski definition) is 0. The molecule has 0 amide bonds. The van der Waals surface area contributed by atoms with Crippen LogP contribution in [0.4, 0.5) is 17.3 Å². The molecule has 0 aromatic carbocycles. The number of aromatic nitrogens is 2. The molecule has 0 atom stereocenters. The molecule has 0 N–H and O–H groups in total. The summed E-state index contributed by atoms with van der Waals surface area (Å²) >= 11 is 0. The fourth-order valence-electron chi connectivity index (χ4n) is 1.18. The Morgan fingerprint density at radius 2 is 1.75 bits per heavy atom. The third-order valence-electron chi connectivity index (χ3n) is 1.84. The van der Waals surface area contributed by atoms with Gasteiger partial charge in [0.2, 0.25) is 6.33 Å². The van der Waals surface area contributed by atoms with Crippen LogP contribution in [0.25, 0.3) is 0 Å². The monoisotopic (exact) mass is 240 g/mol. The number of nitrogens with zero attached hydrogens (tertiary/aromatic N) is 2. The summed E-state index contributed by atoms with van der Waals surface area (Å²) in [6.45, 7) is 3.39. The molecule has 1 rings (SSSR count). The quantitative estimate of drug-likeness (QED) is 0.331. The van der Waals surface area contributed by atoms with Crippen molar-refractivity contribution in [3.63, 3.8) is 0 Å². The summed E-state index contributed by atoms with van der Waals surface area (Å²) in [5.74, 6) is 0. The van der Waals surface area contributed by atoms with Gasteiger partial charge < -0.3 is 17.3 Å². The van der Waals surface area contributed by atoms with Gasteiger partial charge in [-0.2, -0.15) is 0 Å². The number of halogens is 4. The standard InChI is InChI=1S/C9H17N2.BF4/c1-3-4-5-6-11-8-7-10(2)9-11;2-1(3,4)5/h7-9H,3-6H2,1-2H3;/q+1;-1. The van der Waals surface area contributed by atoms with Crippen molar-refractivity contribution in [2.75, 3.05) is 0 Å². The predicted molar refractivity (Wildman–Crippen MR) is 55.3 cm³/mol. The molecule has 0 bridgehead atoms. The van der Waals surface area contributed by atoms with Gasteiger partial charge in [-0.05, 0) is 12.8 Å². The maximum absolute atomic E-state index is 9.75. The Hall–Kier alpha value is -1.01. The zero-order chi connectivity index (χ0) is 12.6. The first-order valence-corrected chi connectivity index (χ1v) is 5.21. The van der Waals surface area contributed by atoms with Crippen molar-refractivity contribution in [2.45, 2.75) is 32.7 Å². The largest absolute Gasteiger partial charge is 0.673 e. The second-order valence-electron chi connectivity index (χ2n) is 3.52. The van der Waals surface area contributed by atoms with Crippen LogP contribution in [0.3, 0.4) is 0 Å². The molecule has 0 radical (unpaired) electrons. The van der Waals surface area contributed by atoms with E-state index in [4.69, 9.17) is 0 Å². The van der Waals surface area contributed by atoms with Crippen molar-refractivity contribution in [1.29, 1.82) is 0 Å². The highest BCUT2D eigenvalue weighted by molar-refractivity contribution is 6.50. The lowest BCUT2D eigenvalue weighted by Gasteiger charge is -1.94. The third-order valence-corrected chi connectivity index (χ3v) is 1.84. The van der Waals surface area contributed by atoms with Gasteiger partial charge in [0.15, 0.2) is 0 Å². The molecular weight excluding hydrogens is 223 g/mol. The van der Waals surface area contributed by atoms with E-state index in [0.29, 0.717) is 0 Å². The van der Waals surface area contributed by atoms with Gasteiger partial charge >= 0.3 is 7.25 Å². The van der Waals surface area contributed by atoms with Gasteiger partial charge in [-0.15, -0.1) is 0 Å². The van der Waals surface area contributed by atoms with Crippen molar-refractivity contribution in [3.8, 4) is 0 Å². The zero-order valence-corrected chi connectivity index (χ0v) is 9.54. The Labute approximate surface area is 93.0 Å². The van der Waals surface area contributed by atoms with Gasteiger partial charge in [0.05, 0.1) is 13.6 Å². The molecule has 0 saturated carbocycles. The molecule has 0 aliphatic carbocycles. The van der Waals surface area contributed by atoms with E-state index < -0.39 is 7.25 Å². The molecule has 1 heterocycles. The highest BCUT2D eigenvalue weighted by atomic mass is 19.5. The molecule has 0 unspecified atom stereocenters. The van der Waals surface area contributed by atoms with Crippen LogP contribution >= 0.6 is 0 Å². The normalized spacial score (nSPS) is 10.9. The lowest BCUT2D eigenvalue weighted by Crippen LogP contribution is -2.23. The van der Waals surface area contributed by atoms with E-state index in [2.05, 4.69) is 41.8 Å². The molecule has 94 valence electrons. The maximum atomic E-state index is 9.75. The minimum Gasteiger partial charge on any atom is -0.418 e. The molecule has 2 nitrogen and oxygen atoms in total. The molecule has 0 fully saturated rings. The molecule has 0 saturated heterocycles. The molecule has 16 heavy (non-hydrogen) atoms. The van der Waals surface area contributed by atoms with E-state index in [-0.39, 0.29) is 0 Å². The molecular formula is C9H17BF4N2. The van der Waals surface area contributed by atoms with Crippen LogP contribution in [0, 0.1) is 0 Å². The Morgan fingerprint density at radius 3 is 2.12 bits per heavy atom. The minimum absolute atomic E-state index is 1.16. The second kappa shape index (κ2) is 7.30. The number of hydrogen-bond acceptors (Lipinski definition) is 0. The first kappa shape index (κ1) is 15.0. The maximum Gasteiger partial charge on any atom is 0.673 e. The first-order valence-electron chi connectivity index (χ1n) is 5.21. The SMILES string of the molecule is CCCCCn1cc[n+](C)c1.F[B-](F)(F)F. The van der Waals surface area contributed by atoms with Gasteiger partial charge in [-0.3, -0.25) is 0 Å². The van der Waals surface area contributed by atoms with Crippen molar-refractivity contribution in [1.82, 2.24) is 4.57 Å². The Balaban J connectivity index is 0.000000385. The fourth-order valence-corrected chi connectivity index (χ4v) is 1.18. The molecule has 1 aromatic rings. The van der Waals surface area contributed by atoms with Crippen LogP contribution in [0.2, 0.25) is 0 Å². The highest BCUT2D eigenvalue weighted by Crippen LogP contribution is 2.06. The summed E-state index contributed by atoms with van der Waals surface area (Å²) < 4.78 is 43.3. The van der Waals surface area contributed by atoms with Crippen LogP contribution in [0.1, 0.15) is 26.2 Å². The van der Waals surface area contributed by atoms with E-state index in [9.17, 15) is 17.3 Å². The van der Waals surface area contributed by atoms with Crippen molar-refractivity contribution in [2.24, 2.45) is 7.05 Å². The number of rotatable bonds is 4. The molecule has 0 aliphatic heterocycles. The second-order valence-corrected chi connectivity index (χ2v) is 3.52. The summed E-state index contributed by atoms with van der Waals surface area (Å²) in [4.78, 5) is 0. The summed E-state index contributed by atoms with van der Waals surface area (Å²) in [7, 11) is -3.95. The Bertz CT molecular complexity index is 279. The van der Waals surface area contributed by atoms with Crippen molar-refractivity contribution < 1.29 is 21.8 Å². The Morgan fingerprint density at radius 1 is 1.19 bits per heavy atom. The Kier molecular flexibility index (Phi) is 6.84. The van der Waals surface area contributed by atoms with Crippen LogP contribution in [0.15, 0.2) is 18.7 Å². The average molecular weight is 240 g/mol. The van der Waals surface area contributed by atoms with Gasteiger partial charge in [-0.1, -0.05) is 13.3 Å². The summed E-state index contributed by atoms with van der Waals surface area (Å²) in [5.41, 5.74) is 0. The molecule has 1 aromatic heterocycles. The van der Waals surface area contributed by atoms with Crippen molar-refractivity contribution in [3.05, 3.63) is 18.7 Å². The van der Waals surface area contributed by atoms with Crippen LogP contribution < -0.4 is 4.57 Å². The van der Waals surface area contributed by atoms with Gasteiger partial charge in [-0.25, -0.2) is 9.13 Å². The smallest absolute Gasteiger partial charge is 0.418 e. The first-order chi connectivity index (χ1) is 7.33. The molecule has 0 aliphatic rings. The third kappa shape index (κ3) is 11.1. The molecule has 0 spiro atoms. The number of unbranched alkanes of at least 4 members (excludes halogenated alkanes) is 2.